The minimum atomic E-state index is -0.410. The maximum absolute atomic E-state index is 9.45. The van der Waals surface area contributed by atoms with Gasteiger partial charge in [-0.1, -0.05) is 13.3 Å². The predicted molar refractivity (Wildman–Crippen MR) is 81.0 cm³/mol. The van der Waals surface area contributed by atoms with Gasteiger partial charge >= 0.3 is 0 Å². The Morgan fingerprint density at radius 3 is 2.63 bits per heavy atom. The van der Waals surface area contributed by atoms with Crippen LogP contribution >= 0.6 is 0 Å². The molecule has 3 unspecified atom stereocenters. The summed E-state index contributed by atoms with van der Waals surface area (Å²) in [6, 6.07) is 3.29. The molecule has 1 rings (SSSR count). The average molecular weight is 265 g/mol. The van der Waals surface area contributed by atoms with Gasteiger partial charge in [0.15, 0.2) is 0 Å². The van der Waals surface area contributed by atoms with E-state index in [2.05, 4.69) is 44.0 Å². The quantitative estimate of drug-likeness (QED) is 0.802. The molecule has 0 aliphatic carbocycles. The minimum absolute atomic E-state index is 0.349. The Hall–Kier alpha value is -0.590. The summed E-state index contributed by atoms with van der Waals surface area (Å²) in [7, 11) is 0. The zero-order chi connectivity index (χ0) is 14.5. The van der Waals surface area contributed by atoms with Gasteiger partial charge in [0.25, 0.3) is 0 Å². The standard InChI is InChI=1S/C16H31N3/c1-6-15-8-7-9-19(11-15)14(4)10-16(5,12-17)18-13(2)3/h13-15,18H,6-11H2,1-5H3. The molecular formula is C16H31N3. The lowest BCUT2D eigenvalue weighted by Gasteiger charge is -2.39. The van der Waals surface area contributed by atoms with E-state index in [-0.39, 0.29) is 0 Å². The van der Waals surface area contributed by atoms with Crippen molar-refractivity contribution in [2.45, 2.75) is 77.9 Å². The van der Waals surface area contributed by atoms with Crippen molar-refractivity contribution in [2.24, 2.45) is 5.92 Å². The third-order valence-corrected chi connectivity index (χ3v) is 4.31. The first-order chi connectivity index (χ1) is 8.90. The second-order valence-electron chi connectivity index (χ2n) is 6.71. The lowest BCUT2D eigenvalue weighted by atomic mass is 9.90. The topological polar surface area (TPSA) is 39.1 Å². The first-order valence-electron chi connectivity index (χ1n) is 7.83. The van der Waals surface area contributed by atoms with Crippen molar-refractivity contribution in [3.05, 3.63) is 0 Å². The molecule has 1 heterocycles. The number of nitrogens with one attached hydrogen (secondary N) is 1. The van der Waals surface area contributed by atoms with Crippen molar-refractivity contribution in [1.29, 1.82) is 5.26 Å². The Kier molecular flexibility index (Phi) is 6.29. The van der Waals surface area contributed by atoms with Crippen LogP contribution in [0.1, 0.15) is 60.3 Å². The highest BCUT2D eigenvalue weighted by molar-refractivity contribution is 5.06. The molecule has 0 aromatic heterocycles. The van der Waals surface area contributed by atoms with Crippen LogP contribution in [0, 0.1) is 17.2 Å². The minimum Gasteiger partial charge on any atom is -0.300 e. The molecule has 3 heteroatoms. The molecule has 3 nitrogen and oxygen atoms in total. The molecule has 1 fully saturated rings. The maximum atomic E-state index is 9.45. The van der Waals surface area contributed by atoms with E-state index in [1.54, 1.807) is 0 Å². The fourth-order valence-corrected chi connectivity index (χ4v) is 3.32. The van der Waals surface area contributed by atoms with Crippen LogP contribution in [0.15, 0.2) is 0 Å². The molecule has 1 saturated heterocycles. The molecule has 0 amide bonds. The molecule has 1 N–H and O–H groups in total. The van der Waals surface area contributed by atoms with Crippen molar-refractivity contribution in [2.75, 3.05) is 13.1 Å². The Balaban J connectivity index is 2.57. The molecule has 0 aromatic rings. The fourth-order valence-electron chi connectivity index (χ4n) is 3.32. The van der Waals surface area contributed by atoms with Crippen LogP contribution in [-0.2, 0) is 0 Å². The largest absolute Gasteiger partial charge is 0.300 e. The Bertz CT molecular complexity index is 308. The summed E-state index contributed by atoms with van der Waals surface area (Å²) in [6.07, 6.45) is 4.87. The summed E-state index contributed by atoms with van der Waals surface area (Å²) in [6.45, 7) is 13.2. The van der Waals surface area contributed by atoms with Gasteiger partial charge in [-0.25, -0.2) is 0 Å². The van der Waals surface area contributed by atoms with Crippen LogP contribution in [0.25, 0.3) is 0 Å². The first kappa shape index (κ1) is 16.5. The lowest BCUT2D eigenvalue weighted by molar-refractivity contribution is 0.111. The number of likely N-dealkylation sites (tertiary alicyclic amines) is 1. The first-order valence-corrected chi connectivity index (χ1v) is 7.83. The number of hydrogen-bond acceptors (Lipinski definition) is 3. The molecule has 19 heavy (non-hydrogen) atoms. The molecule has 0 bridgehead atoms. The van der Waals surface area contributed by atoms with E-state index in [0.717, 1.165) is 12.3 Å². The van der Waals surface area contributed by atoms with E-state index in [0.29, 0.717) is 12.1 Å². The summed E-state index contributed by atoms with van der Waals surface area (Å²) < 4.78 is 0. The van der Waals surface area contributed by atoms with Gasteiger partial charge in [0.2, 0.25) is 0 Å². The zero-order valence-electron chi connectivity index (χ0n) is 13.4. The van der Waals surface area contributed by atoms with Crippen LogP contribution in [0.4, 0.5) is 0 Å². The van der Waals surface area contributed by atoms with E-state index in [9.17, 15) is 5.26 Å². The van der Waals surface area contributed by atoms with Crippen molar-refractivity contribution in [3.63, 3.8) is 0 Å². The molecule has 0 spiro atoms. The van der Waals surface area contributed by atoms with E-state index >= 15 is 0 Å². The summed E-state index contributed by atoms with van der Waals surface area (Å²) >= 11 is 0. The molecule has 110 valence electrons. The van der Waals surface area contributed by atoms with Gasteiger partial charge in [-0.3, -0.25) is 5.32 Å². The smallest absolute Gasteiger partial charge is 0.105 e. The highest BCUT2D eigenvalue weighted by Crippen LogP contribution is 2.24. The van der Waals surface area contributed by atoms with Crippen LogP contribution in [0.5, 0.6) is 0 Å². The van der Waals surface area contributed by atoms with Gasteiger partial charge in [-0.2, -0.15) is 5.26 Å². The third-order valence-electron chi connectivity index (χ3n) is 4.31. The second kappa shape index (κ2) is 7.26. The van der Waals surface area contributed by atoms with E-state index in [1.165, 1.54) is 32.4 Å². The summed E-state index contributed by atoms with van der Waals surface area (Å²) in [5, 5.41) is 12.9. The predicted octanol–water partition coefficient (Wildman–Crippen LogP) is 3.17. The van der Waals surface area contributed by atoms with Gasteiger partial charge in [0.05, 0.1) is 6.07 Å². The number of piperidine rings is 1. The fraction of sp³-hybridized carbons (Fsp3) is 0.938. The van der Waals surface area contributed by atoms with E-state index < -0.39 is 5.54 Å². The SMILES string of the molecule is CCC1CCCN(C(C)CC(C)(C#N)NC(C)C)C1. The van der Waals surface area contributed by atoms with Crippen LogP contribution < -0.4 is 5.32 Å². The molecule has 0 aromatic carbocycles. The summed E-state index contributed by atoms with van der Waals surface area (Å²) in [5.74, 6) is 0.850. The van der Waals surface area contributed by atoms with Crippen molar-refractivity contribution in [3.8, 4) is 6.07 Å². The summed E-state index contributed by atoms with van der Waals surface area (Å²) in [5.41, 5.74) is -0.410. The van der Waals surface area contributed by atoms with Crippen LogP contribution in [-0.4, -0.2) is 35.6 Å². The number of nitrogens with zero attached hydrogens (tertiary/aromatic N) is 2. The van der Waals surface area contributed by atoms with Crippen molar-refractivity contribution >= 4 is 0 Å². The highest BCUT2D eigenvalue weighted by atomic mass is 15.2. The molecule has 0 radical (unpaired) electrons. The zero-order valence-corrected chi connectivity index (χ0v) is 13.4. The normalized spacial score (nSPS) is 25.8. The number of rotatable bonds is 6. The monoisotopic (exact) mass is 265 g/mol. The molecule has 1 aliphatic heterocycles. The lowest BCUT2D eigenvalue weighted by Crippen LogP contribution is -2.51. The molecule has 0 saturated carbocycles. The third kappa shape index (κ3) is 5.12. The van der Waals surface area contributed by atoms with Crippen LogP contribution in [0.3, 0.4) is 0 Å². The van der Waals surface area contributed by atoms with Crippen LogP contribution in [0.2, 0.25) is 0 Å². The Morgan fingerprint density at radius 2 is 2.11 bits per heavy atom. The van der Waals surface area contributed by atoms with Gasteiger partial charge in [-0.15, -0.1) is 0 Å². The second-order valence-corrected chi connectivity index (χ2v) is 6.71. The van der Waals surface area contributed by atoms with Gasteiger partial charge in [0, 0.05) is 18.6 Å². The molecule has 3 atom stereocenters. The average Bonchev–Trinajstić information content (AvgIpc) is 2.37. The van der Waals surface area contributed by atoms with Crippen molar-refractivity contribution in [1.82, 2.24) is 10.2 Å². The van der Waals surface area contributed by atoms with Gasteiger partial charge in [0.1, 0.15) is 5.54 Å². The van der Waals surface area contributed by atoms with E-state index in [1.807, 2.05) is 6.92 Å². The van der Waals surface area contributed by atoms with Gasteiger partial charge in [-0.05, 0) is 59.4 Å². The maximum Gasteiger partial charge on any atom is 0.105 e. The van der Waals surface area contributed by atoms with Gasteiger partial charge < -0.3 is 4.90 Å². The summed E-state index contributed by atoms with van der Waals surface area (Å²) in [4.78, 5) is 2.58. The van der Waals surface area contributed by atoms with E-state index in [4.69, 9.17) is 0 Å². The number of nitriles is 1. The molecule has 1 aliphatic rings. The molecular weight excluding hydrogens is 234 g/mol. The number of hydrogen-bond donors (Lipinski definition) is 1. The van der Waals surface area contributed by atoms with Crippen molar-refractivity contribution < 1.29 is 0 Å². The highest BCUT2D eigenvalue weighted by Gasteiger charge is 2.31. The Labute approximate surface area is 119 Å². The Morgan fingerprint density at radius 1 is 1.42 bits per heavy atom.